The molecule has 0 aliphatic rings. The first kappa shape index (κ1) is 42.9. The van der Waals surface area contributed by atoms with Crippen molar-refractivity contribution < 1.29 is 51.1 Å². The third-order valence-electron chi connectivity index (χ3n) is 11.6. The highest BCUT2D eigenvalue weighted by atomic mass is 16.4. The van der Waals surface area contributed by atoms with Gasteiger partial charge in [-0.05, 0) is 99.5 Å². The molecule has 12 heteroatoms. The van der Waals surface area contributed by atoms with Crippen LogP contribution in [-0.4, -0.2) is 51.1 Å². The second-order valence-electron chi connectivity index (χ2n) is 15.8. The number of rotatable bonds is 11. The number of hydrogen-bond acceptors (Lipinski definition) is 12. The third-order valence-corrected chi connectivity index (χ3v) is 11.6. The van der Waals surface area contributed by atoms with E-state index in [1.807, 2.05) is 133 Å². The summed E-state index contributed by atoms with van der Waals surface area (Å²) in [7, 11) is 0. The van der Waals surface area contributed by atoms with E-state index in [1.165, 1.54) is 9.80 Å². The molecule has 0 fully saturated rings. The lowest BCUT2D eigenvalue weighted by atomic mass is 9.99. The highest BCUT2D eigenvalue weighted by Gasteiger charge is 2.31. The van der Waals surface area contributed by atoms with Gasteiger partial charge in [-0.15, -0.1) is 0 Å². The van der Waals surface area contributed by atoms with Crippen LogP contribution in [0.1, 0.15) is 11.1 Å². The first-order chi connectivity index (χ1) is 32.4. The quantitative estimate of drug-likeness (QED) is 0.0435. The predicted octanol–water partition coefficient (Wildman–Crippen LogP) is 12.3. The Balaban J connectivity index is 0.978. The molecular weight excluding hydrogens is 849 g/mol. The van der Waals surface area contributed by atoms with Gasteiger partial charge in [-0.1, -0.05) is 133 Å². The summed E-state index contributed by atoms with van der Waals surface area (Å²) in [5, 5.41) is 106. The average molecular weight is 891 g/mol. The van der Waals surface area contributed by atoms with Gasteiger partial charge in [0.05, 0.1) is 0 Å². The van der Waals surface area contributed by atoms with Crippen LogP contribution in [0.4, 0.5) is 34.1 Å². The van der Waals surface area contributed by atoms with E-state index >= 15 is 0 Å². The van der Waals surface area contributed by atoms with Crippen LogP contribution in [0.25, 0.3) is 33.4 Å². The van der Waals surface area contributed by atoms with Gasteiger partial charge < -0.3 is 60.9 Å². The van der Waals surface area contributed by atoms with E-state index in [1.54, 1.807) is 48.5 Å². The first-order valence-corrected chi connectivity index (χ1v) is 21.0. The van der Waals surface area contributed by atoms with Crippen LogP contribution in [0.15, 0.2) is 182 Å². The fourth-order valence-corrected chi connectivity index (χ4v) is 8.07. The number of anilines is 6. The summed E-state index contributed by atoms with van der Waals surface area (Å²) < 4.78 is 0. The molecule has 0 atom stereocenters. The highest BCUT2D eigenvalue weighted by molar-refractivity contribution is 5.92. The van der Waals surface area contributed by atoms with Gasteiger partial charge in [0.15, 0.2) is 23.0 Å². The number of phenols is 10. The summed E-state index contributed by atoms with van der Waals surface area (Å²) in [6.07, 6.45) is 0.542. The van der Waals surface area contributed by atoms with Crippen LogP contribution in [0, 0.1) is 0 Å². The monoisotopic (exact) mass is 890 g/mol. The predicted molar refractivity (Wildman–Crippen MR) is 258 cm³/mol. The van der Waals surface area contributed by atoms with Crippen LogP contribution in [-0.2, 0) is 6.42 Å². The molecule has 0 amide bonds. The lowest BCUT2D eigenvalue weighted by Crippen LogP contribution is -2.11. The van der Waals surface area contributed by atoms with Crippen LogP contribution < -0.4 is 9.80 Å². The van der Waals surface area contributed by atoms with Gasteiger partial charge in [0.1, 0.15) is 11.4 Å². The van der Waals surface area contributed by atoms with Crippen LogP contribution >= 0.6 is 0 Å². The molecule has 0 spiro atoms. The minimum atomic E-state index is -1.06. The Kier molecular flexibility index (Phi) is 11.3. The van der Waals surface area contributed by atoms with E-state index in [-0.39, 0.29) is 11.4 Å². The molecule has 67 heavy (non-hydrogen) atoms. The summed E-state index contributed by atoms with van der Waals surface area (Å²) >= 11 is 0. The summed E-state index contributed by atoms with van der Waals surface area (Å²) in [6, 6.07) is 56.4. The molecule has 0 unspecified atom stereocenters. The van der Waals surface area contributed by atoms with E-state index in [9.17, 15) is 51.1 Å². The van der Waals surface area contributed by atoms with E-state index < -0.39 is 57.5 Å². The van der Waals surface area contributed by atoms with E-state index in [0.29, 0.717) is 29.2 Å². The molecular formula is C55H42N2O10. The van der Waals surface area contributed by atoms with Gasteiger partial charge in [-0.25, -0.2) is 0 Å². The lowest BCUT2D eigenvalue weighted by molar-refractivity contribution is 0.329. The zero-order valence-electron chi connectivity index (χ0n) is 35.4. The fraction of sp³-hybridized carbons (Fsp3) is 0.0182. The van der Waals surface area contributed by atoms with Crippen molar-refractivity contribution >= 4 is 34.1 Å². The normalized spacial score (nSPS) is 11.0. The number of nitrogens with zero attached hydrogens (tertiary/aromatic N) is 2. The molecule has 0 aromatic heterocycles. The van der Waals surface area contributed by atoms with Gasteiger partial charge in [-0.2, -0.15) is 0 Å². The third kappa shape index (κ3) is 8.06. The smallest absolute Gasteiger partial charge is 0.208 e. The van der Waals surface area contributed by atoms with Gasteiger partial charge in [0.2, 0.25) is 34.5 Å². The van der Waals surface area contributed by atoms with Crippen molar-refractivity contribution in [2.24, 2.45) is 0 Å². The maximum absolute atomic E-state index is 11.0. The van der Waals surface area contributed by atoms with E-state index in [4.69, 9.17) is 0 Å². The molecule has 10 N–H and O–H groups in total. The molecule has 0 bridgehead atoms. The maximum atomic E-state index is 11.0. The van der Waals surface area contributed by atoms with E-state index in [0.717, 1.165) is 44.5 Å². The topological polar surface area (TPSA) is 209 Å². The average Bonchev–Trinajstić information content (AvgIpc) is 3.38. The van der Waals surface area contributed by atoms with Crippen molar-refractivity contribution in [3.63, 3.8) is 0 Å². The molecule has 9 rings (SSSR count). The number of aromatic hydroxyl groups is 10. The Labute approximate surface area is 384 Å². The SMILES string of the molecule is Oc1c(O)c(O)c(N(c2ccc(Cc3ccc(-c4ccc(N(c5ccc(-c6ccccc6)cc5)c5c(O)c(O)c(O)c(O)c5O)cc4)cc3)cc2)c2ccc(-c3ccccc3)cc2)c(O)c1O. The van der Waals surface area contributed by atoms with Gasteiger partial charge in [0.25, 0.3) is 0 Å². The molecule has 12 nitrogen and oxygen atoms in total. The Bertz CT molecular complexity index is 3160. The minimum Gasteiger partial charge on any atom is -0.503 e. The van der Waals surface area contributed by atoms with Crippen LogP contribution in [0.3, 0.4) is 0 Å². The second kappa shape index (κ2) is 17.6. The Morgan fingerprint density at radius 1 is 0.224 bits per heavy atom. The first-order valence-electron chi connectivity index (χ1n) is 21.0. The molecule has 0 saturated carbocycles. The number of benzene rings is 9. The van der Waals surface area contributed by atoms with Gasteiger partial charge >= 0.3 is 0 Å². The number of phenolic OH excluding ortho intramolecular Hbond substituents is 10. The standard InChI is InChI=1S/C55H42N2O10/c58-46-44(47(59)51(63)54(66)50(46)62)56(41-25-17-37(18-26-41)34-7-3-1-4-8-34)40-23-13-33(14-24-40)31-32-11-15-36(16-12-32)39-21-29-43(30-22-39)57(45-48(60)52(64)55(67)53(65)49(45)61)42-27-19-38(20-28-42)35-9-5-2-6-10-35/h1-30,58-67H,31H2. The Hall–Kier alpha value is -9.42. The lowest BCUT2D eigenvalue weighted by Gasteiger charge is -2.28. The van der Waals surface area contributed by atoms with Gasteiger partial charge in [0, 0.05) is 22.7 Å². The molecule has 0 aliphatic heterocycles. The van der Waals surface area contributed by atoms with Crippen molar-refractivity contribution in [2.45, 2.75) is 6.42 Å². The maximum Gasteiger partial charge on any atom is 0.208 e. The van der Waals surface area contributed by atoms with E-state index in [2.05, 4.69) is 0 Å². The van der Waals surface area contributed by atoms with Crippen molar-refractivity contribution in [1.82, 2.24) is 0 Å². The summed E-state index contributed by atoms with van der Waals surface area (Å²) in [5.41, 5.74) is 8.64. The van der Waals surface area contributed by atoms with Crippen molar-refractivity contribution in [3.05, 3.63) is 193 Å². The molecule has 0 saturated heterocycles. The van der Waals surface area contributed by atoms with Crippen molar-refractivity contribution in [1.29, 1.82) is 0 Å². The van der Waals surface area contributed by atoms with Crippen molar-refractivity contribution in [2.75, 3.05) is 9.80 Å². The molecule has 0 heterocycles. The number of hydrogen-bond donors (Lipinski definition) is 10. The Morgan fingerprint density at radius 2 is 0.433 bits per heavy atom. The molecule has 0 radical (unpaired) electrons. The summed E-state index contributed by atoms with van der Waals surface area (Å²) in [4.78, 5) is 2.92. The van der Waals surface area contributed by atoms with Crippen molar-refractivity contribution in [3.8, 4) is 90.9 Å². The zero-order chi connectivity index (χ0) is 46.9. The van der Waals surface area contributed by atoms with Gasteiger partial charge in [-0.3, -0.25) is 0 Å². The fourth-order valence-electron chi connectivity index (χ4n) is 8.07. The largest absolute Gasteiger partial charge is 0.503 e. The summed E-state index contributed by atoms with van der Waals surface area (Å²) in [5.74, 6) is -9.41. The molecule has 9 aromatic rings. The molecule has 332 valence electrons. The zero-order valence-corrected chi connectivity index (χ0v) is 35.4. The second-order valence-corrected chi connectivity index (χ2v) is 15.8. The van der Waals surface area contributed by atoms with Crippen LogP contribution in [0.5, 0.6) is 57.5 Å². The van der Waals surface area contributed by atoms with Crippen LogP contribution in [0.2, 0.25) is 0 Å². The highest BCUT2D eigenvalue weighted by Crippen LogP contribution is 2.59. The summed E-state index contributed by atoms with van der Waals surface area (Å²) in [6.45, 7) is 0. The molecule has 0 aliphatic carbocycles. The Morgan fingerprint density at radius 3 is 0.716 bits per heavy atom. The molecule has 9 aromatic carbocycles. The minimum absolute atomic E-state index is 0.336.